The monoisotopic (exact) mass is 270 g/mol. The number of carbonyl (C=O) groups is 1. The van der Waals surface area contributed by atoms with E-state index in [4.69, 9.17) is 5.73 Å². The zero-order chi connectivity index (χ0) is 14.4. The van der Waals surface area contributed by atoms with Gasteiger partial charge in [0.2, 0.25) is 0 Å². The lowest BCUT2D eigenvalue weighted by atomic mass is 10.1. The Morgan fingerprint density at radius 2 is 1.90 bits per heavy atom. The molecule has 0 fully saturated rings. The number of carbonyl (C=O) groups excluding carboxylic acids is 1. The number of aromatic nitrogens is 1. The van der Waals surface area contributed by atoms with Crippen LogP contribution in [-0.4, -0.2) is 10.8 Å². The molecule has 0 atom stereocenters. The summed E-state index contributed by atoms with van der Waals surface area (Å²) in [7, 11) is 0. The number of nitrogens with two attached hydrogens (primary N) is 1. The topological polar surface area (TPSA) is 56.0 Å². The van der Waals surface area contributed by atoms with Crippen molar-refractivity contribution in [2.24, 2.45) is 0 Å². The molecule has 0 spiro atoms. The number of nitrogen functional groups attached to an aromatic ring is 1. The van der Waals surface area contributed by atoms with E-state index < -0.39 is 0 Å². The molecular formula is C17H22N2O. The zero-order valence-electron chi connectivity index (χ0n) is 12.1. The number of para-hydroxylation sites is 1. The molecule has 2 aromatic rings. The molecule has 0 unspecified atom stereocenters. The van der Waals surface area contributed by atoms with E-state index in [2.05, 4.69) is 11.9 Å². The van der Waals surface area contributed by atoms with E-state index in [0.717, 1.165) is 23.7 Å². The third-order valence-corrected chi connectivity index (χ3v) is 3.54. The molecule has 1 heterocycles. The van der Waals surface area contributed by atoms with Crippen molar-refractivity contribution in [2.75, 3.05) is 5.73 Å². The van der Waals surface area contributed by atoms with Crippen LogP contribution >= 0.6 is 0 Å². The fourth-order valence-corrected chi connectivity index (χ4v) is 2.36. The fourth-order valence-electron chi connectivity index (χ4n) is 2.36. The van der Waals surface area contributed by atoms with Gasteiger partial charge < -0.3 is 5.73 Å². The second-order valence-corrected chi connectivity index (χ2v) is 5.20. The van der Waals surface area contributed by atoms with Crippen LogP contribution in [0.25, 0.3) is 10.9 Å². The summed E-state index contributed by atoms with van der Waals surface area (Å²) in [5.74, 6) is 0.0963. The van der Waals surface area contributed by atoms with Crippen molar-refractivity contribution in [3.05, 3.63) is 36.0 Å². The van der Waals surface area contributed by atoms with Gasteiger partial charge in [0.25, 0.3) is 0 Å². The van der Waals surface area contributed by atoms with Crippen LogP contribution in [0, 0.1) is 0 Å². The van der Waals surface area contributed by atoms with Crippen LogP contribution in [-0.2, 0) is 0 Å². The Labute approximate surface area is 120 Å². The number of rotatable bonds is 7. The SMILES string of the molecule is CCCCCCCC(=O)c1cc(N)c2ccccc2n1. The third-order valence-electron chi connectivity index (χ3n) is 3.54. The Morgan fingerprint density at radius 1 is 1.15 bits per heavy atom. The molecule has 0 aliphatic heterocycles. The van der Waals surface area contributed by atoms with Gasteiger partial charge in [-0.1, -0.05) is 50.8 Å². The molecule has 1 aromatic heterocycles. The lowest BCUT2D eigenvalue weighted by molar-refractivity contribution is 0.0974. The minimum atomic E-state index is 0.0963. The Morgan fingerprint density at radius 3 is 2.70 bits per heavy atom. The second kappa shape index (κ2) is 7.04. The van der Waals surface area contributed by atoms with Gasteiger partial charge in [-0.3, -0.25) is 4.79 Å². The average molecular weight is 270 g/mol. The number of ketones is 1. The molecule has 0 amide bonds. The van der Waals surface area contributed by atoms with Gasteiger partial charge in [-0.2, -0.15) is 0 Å². The summed E-state index contributed by atoms with van der Waals surface area (Å²) in [6.07, 6.45) is 6.29. The number of fused-ring (bicyclic) bond motifs is 1. The van der Waals surface area contributed by atoms with Crippen molar-refractivity contribution >= 4 is 22.4 Å². The molecular weight excluding hydrogens is 248 g/mol. The summed E-state index contributed by atoms with van der Waals surface area (Å²) >= 11 is 0. The number of benzene rings is 1. The maximum absolute atomic E-state index is 12.2. The van der Waals surface area contributed by atoms with Crippen molar-refractivity contribution in [3.8, 4) is 0 Å². The number of Topliss-reactive ketones (excluding diaryl/α,β-unsaturated/α-hetero) is 1. The average Bonchev–Trinajstić information content (AvgIpc) is 2.47. The van der Waals surface area contributed by atoms with Crippen molar-refractivity contribution in [3.63, 3.8) is 0 Å². The van der Waals surface area contributed by atoms with Crippen LogP contribution in [0.4, 0.5) is 5.69 Å². The summed E-state index contributed by atoms with van der Waals surface area (Å²) in [5.41, 5.74) is 7.92. The highest BCUT2D eigenvalue weighted by molar-refractivity contribution is 6.00. The standard InChI is InChI=1S/C17H22N2O/c1-2-3-4-5-6-11-17(20)16-12-14(18)13-9-7-8-10-15(13)19-16/h7-10,12H,2-6,11H2,1H3,(H2,18,19). The van der Waals surface area contributed by atoms with E-state index in [1.807, 2.05) is 24.3 Å². The lowest BCUT2D eigenvalue weighted by Crippen LogP contribution is -2.04. The Balaban J connectivity index is 2.03. The van der Waals surface area contributed by atoms with Crippen molar-refractivity contribution in [2.45, 2.75) is 45.4 Å². The quantitative estimate of drug-likeness (QED) is 0.600. The predicted octanol–water partition coefficient (Wildman–Crippen LogP) is 4.36. The molecule has 0 aliphatic carbocycles. The van der Waals surface area contributed by atoms with Crippen LogP contribution in [0.1, 0.15) is 55.9 Å². The van der Waals surface area contributed by atoms with E-state index >= 15 is 0 Å². The number of nitrogens with zero attached hydrogens (tertiary/aromatic N) is 1. The number of pyridine rings is 1. The van der Waals surface area contributed by atoms with Crippen molar-refractivity contribution < 1.29 is 4.79 Å². The van der Waals surface area contributed by atoms with E-state index in [0.29, 0.717) is 17.8 Å². The molecule has 0 radical (unpaired) electrons. The van der Waals surface area contributed by atoms with Gasteiger partial charge in [-0.25, -0.2) is 4.98 Å². The van der Waals surface area contributed by atoms with Crippen molar-refractivity contribution in [1.82, 2.24) is 4.98 Å². The van der Waals surface area contributed by atoms with Gasteiger partial charge >= 0.3 is 0 Å². The second-order valence-electron chi connectivity index (χ2n) is 5.20. The summed E-state index contributed by atoms with van der Waals surface area (Å²) < 4.78 is 0. The minimum Gasteiger partial charge on any atom is -0.398 e. The summed E-state index contributed by atoms with van der Waals surface area (Å²) in [6.45, 7) is 2.19. The molecule has 2 N–H and O–H groups in total. The summed E-state index contributed by atoms with van der Waals surface area (Å²) in [5, 5.41) is 0.909. The highest BCUT2D eigenvalue weighted by atomic mass is 16.1. The van der Waals surface area contributed by atoms with Gasteiger partial charge in [-0.15, -0.1) is 0 Å². The first-order valence-electron chi connectivity index (χ1n) is 7.41. The van der Waals surface area contributed by atoms with Crippen LogP contribution in [0.3, 0.4) is 0 Å². The molecule has 106 valence electrons. The third kappa shape index (κ3) is 3.56. The number of hydrogen-bond acceptors (Lipinski definition) is 3. The van der Waals surface area contributed by atoms with E-state index in [-0.39, 0.29) is 5.78 Å². The van der Waals surface area contributed by atoms with Crippen molar-refractivity contribution in [1.29, 1.82) is 0 Å². The smallest absolute Gasteiger partial charge is 0.181 e. The molecule has 0 bridgehead atoms. The number of anilines is 1. The molecule has 0 saturated carbocycles. The van der Waals surface area contributed by atoms with Gasteiger partial charge in [0.1, 0.15) is 5.69 Å². The molecule has 0 saturated heterocycles. The molecule has 3 nitrogen and oxygen atoms in total. The first-order chi connectivity index (χ1) is 9.72. The molecule has 20 heavy (non-hydrogen) atoms. The number of hydrogen-bond donors (Lipinski definition) is 1. The van der Waals surface area contributed by atoms with Crippen LogP contribution < -0.4 is 5.73 Å². The van der Waals surface area contributed by atoms with Crippen LogP contribution in [0.2, 0.25) is 0 Å². The summed E-state index contributed by atoms with van der Waals surface area (Å²) in [4.78, 5) is 16.6. The highest BCUT2D eigenvalue weighted by Gasteiger charge is 2.10. The van der Waals surface area contributed by atoms with Crippen LogP contribution in [0.15, 0.2) is 30.3 Å². The van der Waals surface area contributed by atoms with E-state index in [9.17, 15) is 4.79 Å². The fraction of sp³-hybridized carbons (Fsp3) is 0.412. The van der Waals surface area contributed by atoms with Gasteiger partial charge in [-0.05, 0) is 18.6 Å². The molecule has 1 aromatic carbocycles. The Hall–Kier alpha value is -1.90. The van der Waals surface area contributed by atoms with E-state index in [1.54, 1.807) is 6.07 Å². The maximum Gasteiger partial charge on any atom is 0.181 e. The molecule has 2 rings (SSSR count). The van der Waals surface area contributed by atoms with E-state index in [1.165, 1.54) is 19.3 Å². The minimum absolute atomic E-state index is 0.0963. The molecule has 3 heteroatoms. The lowest BCUT2D eigenvalue weighted by Gasteiger charge is -2.05. The maximum atomic E-state index is 12.2. The van der Waals surface area contributed by atoms with Gasteiger partial charge in [0.15, 0.2) is 5.78 Å². The first-order valence-corrected chi connectivity index (χ1v) is 7.41. The molecule has 0 aliphatic rings. The zero-order valence-corrected chi connectivity index (χ0v) is 12.1. The normalized spacial score (nSPS) is 10.8. The van der Waals surface area contributed by atoms with Gasteiger partial charge in [0, 0.05) is 17.5 Å². The Bertz CT molecular complexity index is 593. The first kappa shape index (κ1) is 14.5. The number of unbranched alkanes of at least 4 members (excludes halogenated alkanes) is 4. The Kier molecular flexibility index (Phi) is 5.10. The largest absolute Gasteiger partial charge is 0.398 e. The van der Waals surface area contributed by atoms with Crippen LogP contribution in [0.5, 0.6) is 0 Å². The van der Waals surface area contributed by atoms with Gasteiger partial charge in [0.05, 0.1) is 5.52 Å². The summed E-state index contributed by atoms with van der Waals surface area (Å²) in [6, 6.07) is 9.36. The highest BCUT2D eigenvalue weighted by Crippen LogP contribution is 2.21. The predicted molar refractivity (Wildman–Crippen MR) is 83.9 cm³/mol.